The lowest BCUT2D eigenvalue weighted by atomic mass is 9.82. The number of aromatic nitrogens is 2. The molecule has 0 aliphatic rings. The molecule has 0 aliphatic carbocycles. The first-order valence-electron chi connectivity index (χ1n) is 27.1. The summed E-state index contributed by atoms with van der Waals surface area (Å²) in [5.41, 5.74) is 11.1. The van der Waals surface area contributed by atoms with Gasteiger partial charge in [0.1, 0.15) is 26.3 Å². The Hall–Kier alpha value is -9.04. The molecule has 14 heteroatoms. The molecule has 14 nitrogen and oxygen atoms in total. The predicted octanol–water partition coefficient (Wildman–Crippen LogP) is 13.6. The maximum atomic E-state index is 14.9. The Kier molecular flexibility index (Phi) is 16.3. The van der Waals surface area contributed by atoms with E-state index in [4.69, 9.17) is 19.1 Å². The van der Waals surface area contributed by atoms with Gasteiger partial charge in [-0.2, -0.15) is 0 Å². The molecule has 414 valence electrons. The van der Waals surface area contributed by atoms with Gasteiger partial charge in [0.15, 0.2) is 11.6 Å². The van der Waals surface area contributed by atoms with Gasteiger partial charge in [0, 0.05) is 85.1 Å². The van der Waals surface area contributed by atoms with Crippen LogP contribution in [0.4, 0.5) is 0 Å². The van der Waals surface area contributed by atoms with E-state index in [1.807, 2.05) is 141 Å². The van der Waals surface area contributed by atoms with Crippen molar-refractivity contribution in [1.82, 2.24) is 9.13 Å². The Labute approximate surface area is 470 Å². The minimum atomic E-state index is -0.586. The highest BCUT2D eigenvalue weighted by molar-refractivity contribution is 6.27. The third-order valence-corrected chi connectivity index (χ3v) is 14.6. The second-order valence-corrected chi connectivity index (χ2v) is 22.4. The molecule has 0 saturated carbocycles. The molecule has 9 rings (SSSR count). The van der Waals surface area contributed by atoms with E-state index >= 15 is 0 Å². The number of carbonyl (C=O) groups is 6. The molecule has 1 atom stereocenters. The van der Waals surface area contributed by atoms with Crippen molar-refractivity contribution in [2.75, 3.05) is 13.2 Å². The van der Waals surface area contributed by atoms with Crippen LogP contribution in [0.1, 0.15) is 127 Å². The Bertz CT molecular complexity index is 4090. The van der Waals surface area contributed by atoms with Crippen molar-refractivity contribution < 1.29 is 47.9 Å². The zero-order valence-electron chi connectivity index (χ0n) is 47.7. The number of hydrogen-bond donors (Lipinski definition) is 0. The molecule has 81 heavy (non-hydrogen) atoms. The second kappa shape index (κ2) is 23.3. The Balaban J connectivity index is 1.01. The smallest absolute Gasteiger partial charge is 0.331 e. The number of aryl methyl sites for hydroxylation is 4. The Morgan fingerprint density at radius 3 is 1.65 bits per heavy atom. The molecule has 0 bridgehead atoms. The number of esters is 2. The molecule has 0 aliphatic heterocycles. The summed E-state index contributed by atoms with van der Waals surface area (Å²) in [6.45, 7) is 19.9. The molecule has 0 radical (unpaired) electrons. The Morgan fingerprint density at radius 2 is 1.04 bits per heavy atom. The summed E-state index contributed by atoms with van der Waals surface area (Å²) >= 11 is 0. The standard InChI is InChI=1S/C67H66N4O10/c1-38-28-41(4)63(42(5)29-38)66(77)56-34-55-54-32-47(57(69-81-45(8)73)30-39(2)35-67(9,10)11)21-24-60(54)71(64(55)51-19-15-14-18-50(51)56)37-62(75)79-27-26-78-61(74)36-70-58-23-20-46(43(6)68-80-44(7)72)31-52(58)53-33-48(22-25-59(53)70)65(76)49-17-13-12-16-40(49)3/h12-25,28-29,31-34,39H,26-27,30,35-37H2,1-11H3/b68-43+,69-57+. The van der Waals surface area contributed by atoms with Gasteiger partial charge >= 0.3 is 23.9 Å². The molecule has 0 saturated heterocycles. The number of ketones is 2. The van der Waals surface area contributed by atoms with Gasteiger partial charge in [-0.25, -0.2) is 9.59 Å². The third kappa shape index (κ3) is 12.3. The Morgan fingerprint density at radius 1 is 0.519 bits per heavy atom. The summed E-state index contributed by atoms with van der Waals surface area (Å²) in [5, 5.41) is 12.7. The quantitative estimate of drug-likeness (QED) is 0.0201. The molecular weight excluding hydrogens is 1020 g/mol. The SMILES string of the molecule is CC(=O)O/N=C(\C)c1ccc2c(c1)c1cc(C(=O)c3ccccc3C)ccc1n2CC(=O)OCCOC(=O)Cn1c2ccc(/C(CC(C)CC(C)(C)C)=N/OC(C)=O)cc2c2cc(C(=O)c3c(C)cc(C)cc3C)c3ccccc3c21. The molecule has 0 fully saturated rings. The van der Waals surface area contributed by atoms with Crippen molar-refractivity contribution in [3.05, 3.63) is 177 Å². The topological polar surface area (TPSA) is 174 Å². The van der Waals surface area contributed by atoms with Crippen molar-refractivity contribution in [2.45, 2.75) is 102 Å². The fraction of sp³-hybridized carbons (Fsp3) is 0.284. The molecular formula is C67H66N4O10. The van der Waals surface area contributed by atoms with Crippen LogP contribution in [0, 0.1) is 39.0 Å². The lowest BCUT2D eigenvalue weighted by molar-refractivity contribution is -0.152. The first-order valence-corrected chi connectivity index (χ1v) is 27.1. The van der Waals surface area contributed by atoms with Gasteiger partial charge < -0.3 is 28.3 Å². The van der Waals surface area contributed by atoms with Gasteiger partial charge in [-0.15, -0.1) is 0 Å². The first kappa shape index (κ1) is 56.7. The van der Waals surface area contributed by atoms with Crippen molar-refractivity contribution in [2.24, 2.45) is 21.6 Å². The third-order valence-electron chi connectivity index (χ3n) is 14.6. The van der Waals surface area contributed by atoms with Crippen LogP contribution in [-0.4, -0.2) is 69.2 Å². The maximum Gasteiger partial charge on any atom is 0.331 e. The van der Waals surface area contributed by atoms with Crippen LogP contribution in [0.5, 0.6) is 0 Å². The van der Waals surface area contributed by atoms with E-state index in [1.54, 1.807) is 23.6 Å². The van der Waals surface area contributed by atoms with E-state index in [1.165, 1.54) is 13.8 Å². The highest BCUT2D eigenvalue weighted by atomic mass is 16.7. The van der Waals surface area contributed by atoms with Crippen LogP contribution in [-0.2, 0) is 51.4 Å². The molecule has 0 spiro atoms. The summed E-state index contributed by atoms with van der Waals surface area (Å²) in [4.78, 5) is 90.5. The van der Waals surface area contributed by atoms with Crippen molar-refractivity contribution in [3.8, 4) is 0 Å². The average molecular weight is 1090 g/mol. The summed E-state index contributed by atoms with van der Waals surface area (Å²) in [6, 6.07) is 37.7. The zero-order valence-corrected chi connectivity index (χ0v) is 47.7. The lowest BCUT2D eigenvalue weighted by Gasteiger charge is -2.23. The number of fused-ring (bicyclic) bond motifs is 8. The number of carbonyl (C=O) groups excluding carboxylic acids is 6. The summed E-state index contributed by atoms with van der Waals surface area (Å²) in [7, 11) is 0. The van der Waals surface area contributed by atoms with E-state index in [0.717, 1.165) is 61.2 Å². The molecule has 9 aromatic rings. The fourth-order valence-electron chi connectivity index (χ4n) is 11.4. The summed E-state index contributed by atoms with van der Waals surface area (Å²) in [6.07, 6.45) is 1.42. The van der Waals surface area contributed by atoms with Crippen LogP contribution in [0.3, 0.4) is 0 Å². The number of oxime groups is 2. The van der Waals surface area contributed by atoms with E-state index < -0.39 is 23.9 Å². The van der Waals surface area contributed by atoms with Gasteiger partial charge in [-0.3, -0.25) is 19.2 Å². The van der Waals surface area contributed by atoms with E-state index in [9.17, 15) is 28.8 Å². The minimum Gasteiger partial charge on any atom is -0.461 e. The van der Waals surface area contributed by atoms with Gasteiger partial charge in [-0.05, 0) is 135 Å². The highest BCUT2D eigenvalue weighted by Gasteiger charge is 2.26. The molecule has 0 amide bonds. The number of hydrogen-bond acceptors (Lipinski definition) is 12. The maximum absolute atomic E-state index is 14.9. The van der Waals surface area contributed by atoms with Crippen molar-refractivity contribution in [1.29, 1.82) is 0 Å². The van der Waals surface area contributed by atoms with E-state index in [0.29, 0.717) is 73.1 Å². The van der Waals surface area contributed by atoms with E-state index in [-0.39, 0.29) is 49.2 Å². The number of benzene rings is 7. The molecule has 0 N–H and O–H groups in total. The second-order valence-electron chi connectivity index (χ2n) is 22.4. The molecule has 1 unspecified atom stereocenters. The zero-order chi connectivity index (χ0) is 58.0. The van der Waals surface area contributed by atoms with Gasteiger partial charge in [0.2, 0.25) is 0 Å². The summed E-state index contributed by atoms with van der Waals surface area (Å²) in [5.74, 6) is -2.35. The van der Waals surface area contributed by atoms with Crippen LogP contribution >= 0.6 is 0 Å². The van der Waals surface area contributed by atoms with Crippen molar-refractivity contribution >= 4 is 101 Å². The minimum absolute atomic E-state index is 0.0426. The fourth-order valence-corrected chi connectivity index (χ4v) is 11.4. The largest absolute Gasteiger partial charge is 0.461 e. The predicted molar refractivity (Wildman–Crippen MR) is 317 cm³/mol. The normalized spacial score (nSPS) is 12.6. The number of ether oxygens (including phenoxy) is 2. The average Bonchev–Trinajstić information content (AvgIpc) is 3.93. The molecule has 2 heterocycles. The van der Waals surface area contributed by atoms with Crippen LogP contribution < -0.4 is 0 Å². The van der Waals surface area contributed by atoms with Gasteiger partial charge in [-0.1, -0.05) is 116 Å². The van der Waals surface area contributed by atoms with Crippen molar-refractivity contribution in [3.63, 3.8) is 0 Å². The number of nitrogens with zero attached hydrogens (tertiary/aromatic N) is 4. The summed E-state index contributed by atoms with van der Waals surface area (Å²) < 4.78 is 15.2. The monoisotopic (exact) mass is 1090 g/mol. The van der Waals surface area contributed by atoms with Crippen LogP contribution in [0.15, 0.2) is 132 Å². The lowest BCUT2D eigenvalue weighted by Crippen LogP contribution is -2.19. The van der Waals surface area contributed by atoms with Crippen LogP contribution in [0.25, 0.3) is 54.4 Å². The van der Waals surface area contributed by atoms with E-state index in [2.05, 4.69) is 38.0 Å². The first-order chi connectivity index (χ1) is 38.6. The number of rotatable bonds is 18. The van der Waals surface area contributed by atoms with Gasteiger partial charge in [0.05, 0.1) is 16.9 Å². The van der Waals surface area contributed by atoms with Gasteiger partial charge in [0.25, 0.3) is 0 Å². The molecule has 2 aromatic heterocycles. The molecule has 7 aromatic carbocycles. The van der Waals surface area contributed by atoms with Crippen LogP contribution in [0.2, 0.25) is 0 Å². The highest BCUT2D eigenvalue weighted by Crippen LogP contribution is 2.39.